The van der Waals surface area contributed by atoms with Gasteiger partial charge in [0.2, 0.25) is 0 Å². The molecule has 0 aromatic carbocycles. The van der Waals surface area contributed by atoms with Crippen LogP contribution in [0.2, 0.25) is 0 Å². The molecule has 5 nitrogen and oxygen atoms in total. The molecular formula is C32H52O5. The second kappa shape index (κ2) is 8.88. The normalized spacial score (nSPS) is 48.2. The number of carbonyl (C=O) groups excluding carboxylic acids is 1. The van der Waals surface area contributed by atoms with Gasteiger partial charge in [0.05, 0.1) is 11.7 Å². The molecule has 1 N–H and O–H groups in total. The number of rotatable bonds is 5. The highest BCUT2D eigenvalue weighted by molar-refractivity contribution is 5.85. The summed E-state index contributed by atoms with van der Waals surface area (Å²) in [5.74, 6) is 2.22. The number of fused-ring (bicyclic) bond motifs is 5. The molecule has 0 aromatic heterocycles. The molecule has 4 fully saturated rings. The van der Waals surface area contributed by atoms with E-state index in [0.29, 0.717) is 23.5 Å². The molecule has 1 aliphatic heterocycles. The zero-order valence-corrected chi connectivity index (χ0v) is 24.9. The van der Waals surface area contributed by atoms with Crippen LogP contribution in [-0.4, -0.2) is 49.2 Å². The fourth-order valence-electron chi connectivity index (χ4n) is 10.3. The fourth-order valence-corrected chi connectivity index (χ4v) is 10.3. The van der Waals surface area contributed by atoms with E-state index in [4.69, 9.17) is 14.2 Å². The Hall–Kier alpha value is -0.750. The maximum absolute atomic E-state index is 12.9. The molecule has 0 radical (unpaired) electrons. The molecule has 5 heteroatoms. The lowest BCUT2D eigenvalue weighted by Gasteiger charge is -2.63. The second-order valence-electron chi connectivity index (χ2n) is 15.0. The van der Waals surface area contributed by atoms with Crippen molar-refractivity contribution in [3.63, 3.8) is 0 Å². The average Bonchev–Trinajstić information content (AvgIpc) is 3.39. The number of ketones is 1. The third kappa shape index (κ3) is 3.73. The number of methoxy groups -OCH3 is 2. The predicted octanol–water partition coefficient (Wildman–Crippen LogP) is 6.32. The minimum atomic E-state index is -0.702. The van der Waals surface area contributed by atoms with E-state index in [2.05, 4.69) is 40.7 Å². The van der Waals surface area contributed by atoms with Crippen LogP contribution in [0.1, 0.15) is 99.8 Å². The number of Topliss-reactive ketones (excluding diaryl/α,β-unsaturated/α-hetero) is 1. The number of allylic oxidation sites excluding steroid dienone is 2. The van der Waals surface area contributed by atoms with Crippen molar-refractivity contribution in [2.24, 2.45) is 45.3 Å². The smallest absolute Gasteiger partial charge is 0.160 e. The molecule has 10 atom stereocenters. The lowest BCUT2D eigenvalue weighted by molar-refractivity contribution is -0.189. The SMILES string of the molecule is CO[C@H]1O[C@@H]([C@H](O)C(C)(C)OC)C[C@H]1[C@@H]1CC[C@]2(C)C3=CC[C@H]4C(C)(C)C(=O)CC[C@]4(C)[C@H]3CC[C@@]12C. The molecule has 4 aliphatic carbocycles. The first-order chi connectivity index (χ1) is 17.2. The van der Waals surface area contributed by atoms with E-state index in [1.807, 2.05) is 13.8 Å². The average molecular weight is 517 g/mol. The topological polar surface area (TPSA) is 65.0 Å². The van der Waals surface area contributed by atoms with Crippen molar-refractivity contribution in [2.75, 3.05) is 14.2 Å². The summed E-state index contributed by atoms with van der Waals surface area (Å²) < 4.78 is 17.9. The molecule has 1 saturated heterocycles. The summed E-state index contributed by atoms with van der Waals surface area (Å²) in [6, 6.07) is 0. The molecule has 5 rings (SSSR count). The Morgan fingerprint density at radius 2 is 1.78 bits per heavy atom. The third-order valence-electron chi connectivity index (χ3n) is 13.1. The van der Waals surface area contributed by atoms with Crippen LogP contribution in [0.3, 0.4) is 0 Å². The number of carbonyl (C=O) groups is 1. The van der Waals surface area contributed by atoms with Gasteiger partial charge in [-0.25, -0.2) is 0 Å². The van der Waals surface area contributed by atoms with E-state index >= 15 is 0 Å². The lowest BCUT2D eigenvalue weighted by atomic mass is 9.41. The predicted molar refractivity (Wildman–Crippen MR) is 145 cm³/mol. The summed E-state index contributed by atoms with van der Waals surface area (Å²) in [6.07, 6.45) is 9.70. The Kier molecular flexibility index (Phi) is 6.67. The maximum Gasteiger partial charge on any atom is 0.160 e. The summed E-state index contributed by atoms with van der Waals surface area (Å²) in [7, 11) is 3.40. The van der Waals surface area contributed by atoms with E-state index in [0.717, 1.165) is 25.7 Å². The molecule has 5 aliphatic rings. The summed E-state index contributed by atoms with van der Waals surface area (Å²) in [6.45, 7) is 15.9. The highest BCUT2D eigenvalue weighted by Gasteiger charge is 2.66. The maximum atomic E-state index is 12.9. The number of aliphatic hydroxyl groups excluding tert-OH is 1. The molecule has 0 unspecified atom stereocenters. The molecule has 0 bridgehead atoms. The summed E-state index contributed by atoms with van der Waals surface area (Å²) in [5.41, 5.74) is 1.32. The first-order valence-corrected chi connectivity index (χ1v) is 14.8. The lowest BCUT2D eigenvalue weighted by Crippen LogP contribution is -2.57. The van der Waals surface area contributed by atoms with Crippen LogP contribution in [0.25, 0.3) is 0 Å². The van der Waals surface area contributed by atoms with Gasteiger partial charge >= 0.3 is 0 Å². The van der Waals surface area contributed by atoms with Crippen molar-refractivity contribution in [1.82, 2.24) is 0 Å². The Morgan fingerprint density at radius 1 is 1.08 bits per heavy atom. The van der Waals surface area contributed by atoms with Crippen molar-refractivity contribution in [2.45, 2.75) is 124 Å². The standard InChI is InChI=1S/C32H52O5/c1-28(2)24-11-10-22-21(30(24,5)15-14-25(28)33)13-17-31(6)20(12-16-32(22,31)7)19-18-23(37-27(19)35-8)26(34)29(3,4)36-9/h10,19-21,23-24,26-27,34H,11-18H2,1-9H3/t19-,20-,21-,23+,24-,26-,27-,30+,31-,32+/m0/s1. The van der Waals surface area contributed by atoms with Gasteiger partial charge in [0.15, 0.2) is 6.29 Å². The van der Waals surface area contributed by atoms with Crippen molar-refractivity contribution in [1.29, 1.82) is 0 Å². The molecule has 1 heterocycles. The number of hydrogen-bond donors (Lipinski definition) is 1. The van der Waals surface area contributed by atoms with Crippen molar-refractivity contribution in [3.05, 3.63) is 11.6 Å². The van der Waals surface area contributed by atoms with Gasteiger partial charge < -0.3 is 19.3 Å². The minimum absolute atomic E-state index is 0.154. The Labute approximate surface area is 225 Å². The van der Waals surface area contributed by atoms with Crippen molar-refractivity contribution < 1.29 is 24.1 Å². The molecule has 37 heavy (non-hydrogen) atoms. The van der Waals surface area contributed by atoms with E-state index < -0.39 is 11.7 Å². The largest absolute Gasteiger partial charge is 0.387 e. The van der Waals surface area contributed by atoms with Crippen LogP contribution in [0.15, 0.2) is 11.6 Å². The van der Waals surface area contributed by atoms with Crippen molar-refractivity contribution in [3.8, 4) is 0 Å². The quantitative estimate of drug-likeness (QED) is 0.433. The zero-order chi connectivity index (χ0) is 27.2. The Balaban J connectivity index is 1.44. The van der Waals surface area contributed by atoms with Crippen LogP contribution in [0, 0.1) is 45.3 Å². The summed E-state index contributed by atoms with van der Waals surface area (Å²) >= 11 is 0. The van der Waals surface area contributed by atoms with Crippen LogP contribution in [0.4, 0.5) is 0 Å². The van der Waals surface area contributed by atoms with Gasteiger partial charge in [0.1, 0.15) is 11.9 Å². The van der Waals surface area contributed by atoms with E-state index in [1.165, 1.54) is 25.7 Å². The zero-order valence-electron chi connectivity index (χ0n) is 24.9. The van der Waals surface area contributed by atoms with Gasteiger partial charge in [0.25, 0.3) is 0 Å². The third-order valence-corrected chi connectivity index (χ3v) is 13.1. The number of ether oxygens (including phenoxy) is 3. The van der Waals surface area contributed by atoms with E-state index in [-0.39, 0.29) is 40.0 Å². The van der Waals surface area contributed by atoms with Gasteiger partial charge in [0, 0.05) is 32.0 Å². The van der Waals surface area contributed by atoms with E-state index in [1.54, 1.807) is 19.8 Å². The number of hydrogen-bond acceptors (Lipinski definition) is 5. The fraction of sp³-hybridized carbons (Fsp3) is 0.906. The first kappa shape index (κ1) is 27.8. The summed E-state index contributed by atoms with van der Waals surface area (Å²) in [4.78, 5) is 12.9. The summed E-state index contributed by atoms with van der Waals surface area (Å²) in [5, 5.41) is 11.1. The Morgan fingerprint density at radius 3 is 2.43 bits per heavy atom. The van der Waals surface area contributed by atoms with Gasteiger partial charge in [-0.05, 0) is 92.8 Å². The first-order valence-electron chi connectivity index (χ1n) is 14.8. The second-order valence-corrected chi connectivity index (χ2v) is 15.0. The number of aliphatic hydroxyl groups is 1. The van der Waals surface area contributed by atoms with Gasteiger partial charge in [-0.15, -0.1) is 0 Å². The Bertz CT molecular complexity index is 953. The molecule has 210 valence electrons. The highest BCUT2D eigenvalue weighted by Crippen LogP contribution is 2.73. The van der Waals surface area contributed by atoms with Crippen molar-refractivity contribution >= 4 is 5.78 Å². The minimum Gasteiger partial charge on any atom is -0.387 e. The molecular weight excluding hydrogens is 464 g/mol. The van der Waals surface area contributed by atoms with Gasteiger partial charge in [-0.3, -0.25) is 4.79 Å². The van der Waals surface area contributed by atoms with Crippen LogP contribution in [-0.2, 0) is 19.0 Å². The van der Waals surface area contributed by atoms with Crippen LogP contribution < -0.4 is 0 Å². The van der Waals surface area contributed by atoms with Crippen LogP contribution >= 0.6 is 0 Å². The molecule has 0 amide bonds. The highest BCUT2D eigenvalue weighted by atomic mass is 16.7. The van der Waals surface area contributed by atoms with E-state index in [9.17, 15) is 9.90 Å². The van der Waals surface area contributed by atoms with Gasteiger partial charge in [-0.1, -0.05) is 46.3 Å². The van der Waals surface area contributed by atoms with Crippen LogP contribution in [0.5, 0.6) is 0 Å². The molecule has 0 spiro atoms. The molecule has 0 aromatic rings. The molecule has 3 saturated carbocycles. The van der Waals surface area contributed by atoms with Gasteiger partial charge in [-0.2, -0.15) is 0 Å². The monoisotopic (exact) mass is 516 g/mol.